The Morgan fingerprint density at radius 1 is 1.29 bits per heavy atom. The van der Waals surface area contributed by atoms with Gasteiger partial charge in [-0.25, -0.2) is 0 Å². The largest absolute Gasteiger partial charge is 0.491 e. The number of benzene rings is 1. The second-order valence-corrected chi connectivity index (χ2v) is 6.05. The molecule has 2 fully saturated rings. The Morgan fingerprint density at radius 2 is 2.24 bits per heavy atom. The molecule has 116 valence electrons. The van der Waals surface area contributed by atoms with Gasteiger partial charge in [-0.2, -0.15) is 0 Å². The minimum absolute atomic E-state index is 0.256. The van der Waals surface area contributed by atoms with Gasteiger partial charge in [0.15, 0.2) is 0 Å². The van der Waals surface area contributed by atoms with Crippen LogP contribution in [0.3, 0.4) is 0 Å². The molecule has 4 nitrogen and oxygen atoms in total. The molecule has 0 aromatic heterocycles. The van der Waals surface area contributed by atoms with E-state index in [1.165, 1.54) is 12.1 Å². The first-order valence-corrected chi connectivity index (χ1v) is 8.15. The minimum atomic E-state index is 0.256. The number of hydrogen-bond donors (Lipinski definition) is 1. The highest BCUT2D eigenvalue weighted by molar-refractivity contribution is 5.50. The number of nitrogens with one attached hydrogen (secondary N) is 1. The Morgan fingerprint density at radius 3 is 3.10 bits per heavy atom. The lowest BCUT2D eigenvalue weighted by Crippen LogP contribution is -2.27. The Labute approximate surface area is 127 Å². The van der Waals surface area contributed by atoms with Gasteiger partial charge in [0.25, 0.3) is 0 Å². The van der Waals surface area contributed by atoms with E-state index >= 15 is 0 Å². The molecule has 2 aliphatic heterocycles. The van der Waals surface area contributed by atoms with Crippen LogP contribution in [0.25, 0.3) is 0 Å². The molecule has 2 saturated heterocycles. The van der Waals surface area contributed by atoms with Crippen LogP contribution in [0.2, 0.25) is 0 Å². The number of anilines is 1. The lowest BCUT2D eigenvalue weighted by atomic mass is 10.2. The van der Waals surface area contributed by atoms with Gasteiger partial charge in [0.2, 0.25) is 0 Å². The van der Waals surface area contributed by atoms with Crippen LogP contribution in [-0.2, 0) is 4.74 Å². The molecule has 0 bridgehead atoms. The third kappa shape index (κ3) is 4.11. The van der Waals surface area contributed by atoms with Crippen LogP contribution in [-0.4, -0.2) is 45.0 Å². The third-order valence-corrected chi connectivity index (χ3v) is 4.28. The molecule has 21 heavy (non-hydrogen) atoms. The van der Waals surface area contributed by atoms with Gasteiger partial charge in [-0.15, -0.1) is 0 Å². The van der Waals surface area contributed by atoms with Crippen molar-refractivity contribution < 1.29 is 9.47 Å². The van der Waals surface area contributed by atoms with Crippen LogP contribution in [0.4, 0.5) is 5.69 Å². The molecule has 0 aliphatic carbocycles. The van der Waals surface area contributed by atoms with E-state index in [-0.39, 0.29) is 6.10 Å². The molecule has 1 aromatic carbocycles. The summed E-state index contributed by atoms with van der Waals surface area (Å²) in [6.45, 7) is 7.14. The Balaban J connectivity index is 1.57. The van der Waals surface area contributed by atoms with Crippen molar-refractivity contribution in [3.63, 3.8) is 0 Å². The van der Waals surface area contributed by atoms with Crippen molar-refractivity contribution in [3.8, 4) is 5.75 Å². The van der Waals surface area contributed by atoms with Crippen molar-refractivity contribution in [1.29, 1.82) is 0 Å². The SMILES string of the molecule is CC1CCC(COc2cccc(N3CCCNCC3)c2)O1. The van der Waals surface area contributed by atoms with E-state index in [2.05, 4.69) is 35.3 Å². The lowest BCUT2D eigenvalue weighted by Gasteiger charge is -2.23. The van der Waals surface area contributed by atoms with E-state index < -0.39 is 0 Å². The maximum atomic E-state index is 5.93. The summed E-state index contributed by atoms with van der Waals surface area (Å²) in [5, 5.41) is 3.44. The van der Waals surface area contributed by atoms with Gasteiger partial charge in [-0.05, 0) is 44.9 Å². The standard InChI is InChI=1S/C17H26N2O2/c1-14-6-7-17(21-14)13-20-16-5-2-4-15(12-16)19-10-3-8-18-9-11-19/h2,4-5,12,14,17-18H,3,6-11,13H2,1H3. The van der Waals surface area contributed by atoms with Crippen LogP contribution in [0.15, 0.2) is 24.3 Å². The molecule has 0 saturated carbocycles. The molecule has 2 atom stereocenters. The Bertz CT molecular complexity index is 444. The van der Waals surface area contributed by atoms with Crippen molar-refractivity contribution in [3.05, 3.63) is 24.3 Å². The first-order valence-electron chi connectivity index (χ1n) is 8.15. The predicted molar refractivity (Wildman–Crippen MR) is 85.2 cm³/mol. The van der Waals surface area contributed by atoms with E-state index in [0.717, 1.165) is 44.8 Å². The molecule has 2 aliphatic rings. The van der Waals surface area contributed by atoms with E-state index in [9.17, 15) is 0 Å². The number of ether oxygens (including phenoxy) is 2. The number of rotatable bonds is 4. The van der Waals surface area contributed by atoms with Crippen LogP contribution in [0.1, 0.15) is 26.2 Å². The molecule has 4 heteroatoms. The normalized spacial score (nSPS) is 26.6. The topological polar surface area (TPSA) is 33.7 Å². The third-order valence-electron chi connectivity index (χ3n) is 4.28. The molecule has 0 radical (unpaired) electrons. The van der Waals surface area contributed by atoms with Gasteiger partial charge in [0.05, 0.1) is 12.2 Å². The van der Waals surface area contributed by atoms with Gasteiger partial charge in [-0.3, -0.25) is 0 Å². The van der Waals surface area contributed by atoms with Gasteiger partial charge >= 0.3 is 0 Å². The highest BCUT2D eigenvalue weighted by Crippen LogP contribution is 2.24. The van der Waals surface area contributed by atoms with Crippen molar-refractivity contribution in [1.82, 2.24) is 5.32 Å². The summed E-state index contributed by atoms with van der Waals surface area (Å²) in [5.74, 6) is 0.952. The zero-order valence-electron chi connectivity index (χ0n) is 12.9. The fourth-order valence-electron chi connectivity index (χ4n) is 3.07. The summed E-state index contributed by atoms with van der Waals surface area (Å²) in [6.07, 6.45) is 4.09. The number of hydrogen-bond acceptors (Lipinski definition) is 4. The summed E-state index contributed by atoms with van der Waals surface area (Å²) in [7, 11) is 0. The van der Waals surface area contributed by atoms with E-state index in [4.69, 9.17) is 9.47 Å². The zero-order valence-corrected chi connectivity index (χ0v) is 12.9. The Hall–Kier alpha value is -1.26. The van der Waals surface area contributed by atoms with Crippen LogP contribution in [0.5, 0.6) is 5.75 Å². The molecule has 3 rings (SSSR count). The fourth-order valence-corrected chi connectivity index (χ4v) is 3.07. The minimum Gasteiger partial charge on any atom is -0.491 e. The maximum Gasteiger partial charge on any atom is 0.121 e. The maximum absolute atomic E-state index is 5.93. The van der Waals surface area contributed by atoms with Crippen LogP contribution >= 0.6 is 0 Å². The van der Waals surface area contributed by atoms with Crippen LogP contribution < -0.4 is 15.0 Å². The van der Waals surface area contributed by atoms with Gasteiger partial charge in [-0.1, -0.05) is 6.07 Å². The molecular formula is C17H26N2O2. The van der Waals surface area contributed by atoms with Crippen LogP contribution in [0, 0.1) is 0 Å². The van der Waals surface area contributed by atoms with E-state index in [0.29, 0.717) is 12.7 Å². The highest BCUT2D eigenvalue weighted by atomic mass is 16.5. The van der Waals surface area contributed by atoms with Gasteiger partial charge < -0.3 is 19.7 Å². The van der Waals surface area contributed by atoms with E-state index in [1.54, 1.807) is 0 Å². The van der Waals surface area contributed by atoms with Crippen molar-refractivity contribution >= 4 is 5.69 Å². The first kappa shape index (κ1) is 14.7. The summed E-state index contributed by atoms with van der Waals surface area (Å²) < 4.78 is 11.7. The van der Waals surface area contributed by atoms with Crippen molar-refractivity contribution in [2.75, 3.05) is 37.7 Å². The Kier molecular flexibility index (Phi) is 4.99. The van der Waals surface area contributed by atoms with Crippen molar-refractivity contribution in [2.45, 2.75) is 38.4 Å². The average molecular weight is 290 g/mol. The van der Waals surface area contributed by atoms with Gasteiger partial charge in [0.1, 0.15) is 12.4 Å². The lowest BCUT2D eigenvalue weighted by molar-refractivity contribution is 0.0265. The summed E-state index contributed by atoms with van der Waals surface area (Å²) in [6, 6.07) is 8.45. The molecule has 1 N–H and O–H groups in total. The monoisotopic (exact) mass is 290 g/mol. The molecule has 0 spiro atoms. The molecular weight excluding hydrogens is 264 g/mol. The van der Waals surface area contributed by atoms with Crippen molar-refractivity contribution in [2.24, 2.45) is 0 Å². The fraction of sp³-hybridized carbons (Fsp3) is 0.647. The highest BCUT2D eigenvalue weighted by Gasteiger charge is 2.22. The average Bonchev–Trinajstić information content (AvgIpc) is 2.76. The smallest absolute Gasteiger partial charge is 0.121 e. The number of nitrogens with zero attached hydrogens (tertiary/aromatic N) is 1. The predicted octanol–water partition coefficient (Wildman–Crippen LogP) is 2.43. The summed E-state index contributed by atoms with van der Waals surface area (Å²) >= 11 is 0. The van der Waals surface area contributed by atoms with Gasteiger partial charge in [0, 0.05) is 31.4 Å². The first-order chi connectivity index (χ1) is 10.3. The summed E-state index contributed by atoms with van der Waals surface area (Å²) in [4.78, 5) is 2.43. The molecule has 2 unspecified atom stereocenters. The molecule has 0 amide bonds. The van der Waals surface area contributed by atoms with E-state index in [1.807, 2.05) is 6.07 Å². The summed E-state index contributed by atoms with van der Waals surface area (Å²) in [5.41, 5.74) is 1.26. The zero-order chi connectivity index (χ0) is 14.5. The molecule has 2 heterocycles. The second kappa shape index (κ2) is 7.14. The molecule has 1 aromatic rings. The quantitative estimate of drug-likeness (QED) is 0.923. The second-order valence-electron chi connectivity index (χ2n) is 6.05.